The molecule has 1 aromatic carbocycles. The number of nitrogens with zero attached hydrogens (tertiary/aromatic N) is 2. The molecule has 1 spiro atoms. The van der Waals surface area contributed by atoms with Crippen LogP contribution in [0.25, 0.3) is 0 Å². The van der Waals surface area contributed by atoms with Crippen molar-refractivity contribution in [3.63, 3.8) is 0 Å². The highest BCUT2D eigenvalue weighted by atomic mass is 32.1. The molecule has 3 atom stereocenters. The van der Waals surface area contributed by atoms with Gasteiger partial charge in [-0.25, -0.2) is 0 Å². The molecule has 6 heteroatoms. The van der Waals surface area contributed by atoms with Crippen LogP contribution in [0.3, 0.4) is 0 Å². The molecular formula is C25H34N4S2. The third kappa shape index (κ3) is 4.47. The normalized spacial score (nSPS) is 28.4. The zero-order valence-electron chi connectivity index (χ0n) is 18.7. The van der Waals surface area contributed by atoms with Crippen LogP contribution in [0.4, 0.5) is 5.69 Å². The molecule has 4 aliphatic rings. The van der Waals surface area contributed by atoms with E-state index < -0.39 is 0 Å². The zero-order valence-corrected chi connectivity index (χ0v) is 20.3. The molecule has 3 unspecified atom stereocenters. The number of allylic oxidation sites excluding steroid dienone is 1. The van der Waals surface area contributed by atoms with Gasteiger partial charge in [0.25, 0.3) is 0 Å². The molecule has 3 fully saturated rings. The number of thiocarbonyl (C=S) groups is 2. The summed E-state index contributed by atoms with van der Waals surface area (Å²) in [6.07, 6.45) is 11.0. The van der Waals surface area contributed by atoms with Crippen LogP contribution in [-0.4, -0.2) is 52.2 Å². The Hall–Kier alpha value is -1.66. The summed E-state index contributed by atoms with van der Waals surface area (Å²) in [5, 5.41) is 9.01. The average molecular weight is 455 g/mol. The van der Waals surface area contributed by atoms with Crippen molar-refractivity contribution < 1.29 is 0 Å². The Morgan fingerprint density at radius 3 is 2.19 bits per heavy atom. The number of rotatable bonds is 2. The van der Waals surface area contributed by atoms with Crippen LogP contribution in [-0.2, 0) is 0 Å². The molecule has 0 amide bonds. The van der Waals surface area contributed by atoms with Crippen molar-refractivity contribution in [1.29, 1.82) is 0 Å². The maximum Gasteiger partial charge on any atom is 0.173 e. The fraction of sp³-hybridized carbons (Fsp3) is 0.600. The van der Waals surface area contributed by atoms with Gasteiger partial charge >= 0.3 is 0 Å². The minimum atomic E-state index is 0.395. The molecule has 4 nitrogen and oxygen atoms in total. The van der Waals surface area contributed by atoms with Crippen LogP contribution in [0.1, 0.15) is 43.2 Å². The monoisotopic (exact) mass is 454 g/mol. The molecule has 0 aromatic heterocycles. The van der Waals surface area contributed by atoms with E-state index in [1.165, 1.54) is 43.2 Å². The Bertz CT molecular complexity index is 883. The van der Waals surface area contributed by atoms with Crippen LogP contribution in [0.5, 0.6) is 0 Å². The standard InChI is InChI=1S/C25H34N4S2/c1-17-11-18(2)13-21(12-17)26-23(30)28-8-5-25(6-9-28)7-10-29(16-25)24(31)27-22-15-19-3-4-20(22)14-19/h3-4,11-13,19-20,22H,5-10,14-16H2,1-2H3,(H,26,30)(H,27,31). The summed E-state index contributed by atoms with van der Waals surface area (Å²) in [5.41, 5.74) is 4.02. The summed E-state index contributed by atoms with van der Waals surface area (Å²) in [7, 11) is 0. The number of hydrogen-bond acceptors (Lipinski definition) is 2. The topological polar surface area (TPSA) is 30.5 Å². The van der Waals surface area contributed by atoms with Gasteiger partial charge in [0.05, 0.1) is 0 Å². The van der Waals surface area contributed by atoms with E-state index in [9.17, 15) is 0 Å². The second-order valence-electron chi connectivity index (χ2n) is 10.3. The lowest BCUT2D eigenvalue weighted by Gasteiger charge is -2.40. The quantitative estimate of drug-likeness (QED) is 0.501. The fourth-order valence-electron chi connectivity index (χ4n) is 6.15. The molecule has 0 radical (unpaired) electrons. The molecule has 5 rings (SSSR count). The van der Waals surface area contributed by atoms with Gasteiger partial charge in [-0.15, -0.1) is 0 Å². The smallest absolute Gasteiger partial charge is 0.173 e. The Balaban J connectivity index is 1.12. The first-order valence-corrected chi connectivity index (χ1v) is 12.6. The minimum absolute atomic E-state index is 0.395. The van der Waals surface area contributed by atoms with Crippen molar-refractivity contribution in [3.8, 4) is 0 Å². The highest BCUT2D eigenvalue weighted by Gasteiger charge is 2.43. The molecule has 2 saturated heterocycles. The number of likely N-dealkylation sites (tertiary alicyclic amines) is 2. The maximum atomic E-state index is 5.83. The van der Waals surface area contributed by atoms with Gasteiger partial charge in [-0.1, -0.05) is 18.2 Å². The second kappa shape index (κ2) is 8.36. The molecule has 1 aromatic rings. The highest BCUT2D eigenvalue weighted by Crippen LogP contribution is 2.42. The van der Waals surface area contributed by atoms with Crippen LogP contribution < -0.4 is 10.6 Å². The Kier molecular flexibility index (Phi) is 5.72. The van der Waals surface area contributed by atoms with E-state index >= 15 is 0 Å². The largest absolute Gasteiger partial charge is 0.359 e. The van der Waals surface area contributed by atoms with Crippen LogP contribution in [0.2, 0.25) is 0 Å². The summed E-state index contributed by atoms with van der Waals surface area (Å²) in [5.74, 6) is 1.47. The van der Waals surface area contributed by atoms with Gasteiger partial charge in [0.2, 0.25) is 0 Å². The van der Waals surface area contributed by atoms with E-state index in [-0.39, 0.29) is 0 Å². The summed E-state index contributed by atoms with van der Waals surface area (Å²) in [4.78, 5) is 4.78. The first kappa shape index (κ1) is 21.2. The van der Waals surface area contributed by atoms with Gasteiger partial charge in [-0.3, -0.25) is 0 Å². The van der Waals surface area contributed by atoms with Crippen molar-refractivity contribution in [2.75, 3.05) is 31.5 Å². The third-order valence-electron chi connectivity index (χ3n) is 7.90. The predicted molar refractivity (Wildman–Crippen MR) is 136 cm³/mol. The average Bonchev–Trinajstić information content (AvgIpc) is 3.44. The lowest BCUT2D eigenvalue weighted by molar-refractivity contribution is 0.161. The third-order valence-corrected chi connectivity index (χ3v) is 8.63. The van der Waals surface area contributed by atoms with Gasteiger partial charge in [0.1, 0.15) is 0 Å². The molecule has 31 heavy (non-hydrogen) atoms. The van der Waals surface area contributed by atoms with Crippen molar-refractivity contribution in [2.24, 2.45) is 17.3 Å². The zero-order chi connectivity index (χ0) is 21.6. The molecule has 2 heterocycles. The van der Waals surface area contributed by atoms with Crippen LogP contribution in [0, 0.1) is 31.1 Å². The van der Waals surface area contributed by atoms with Gasteiger partial charge in [0, 0.05) is 37.9 Å². The number of fused-ring (bicyclic) bond motifs is 2. The van der Waals surface area contributed by atoms with E-state index in [0.717, 1.165) is 48.0 Å². The van der Waals surface area contributed by atoms with Crippen LogP contribution >= 0.6 is 24.4 Å². The molecule has 166 valence electrons. The van der Waals surface area contributed by atoms with Gasteiger partial charge in [0.15, 0.2) is 10.2 Å². The number of benzene rings is 1. The maximum absolute atomic E-state index is 5.83. The molecule has 2 N–H and O–H groups in total. The Morgan fingerprint density at radius 1 is 0.903 bits per heavy atom. The van der Waals surface area contributed by atoms with Gasteiger partial charge in [-0.05, 0) is 111 Å². The SMILES string of the molecule is Cc1cc(C)cc(NC(=S)N2CCC3(CC2)CCN(C(=S)NC2CC4C=CC2C4)C3)c1. The van der Waals surface area contributed by atoms with Crippen molar-refractivity contribution >= 4 is 40.3 Å². The van der Waals surface area contributed by atoms with E-state index in [4.69, 9.17) is 24.4 Å². The van der Waals surface area contributed by atoms with E-state index in [1.54, 1.807) is 0 Å². The van der Waals surface area contributed by atoms with Crippen molar-refractivity contribution in [1.82, 2.24) is 15.1 Å². The lowest BCUT2D eigenvalue weighted by Crippen LogP contribution is -2.48. The fourth-order valence-corrected chi connectivity index (χ4v) is 6.75. The summed E-state index contributed by atoms with van der Waals surface area (Å²) in [6, 6.07) is 7.08. The van der Waals surface area contributed by atoms with Gasteiger partial charge < -0.3 is 20.4 Å². The lowest BCUT2D eigenvalue weighted by atomic mass is 9.78. The Labute approximate surface area is 197 Å². The summed E-state index contributed by atoms with van der Waals surface area (Å²) < 4.78 is 0. The van der Waals surface area contributed by atoms with E-state index in [2.05, 4.69) is 64.6 Å². The molecule has 2 bridgehead atoms. The van der Waals surface area contributed by atoms with Gasteiger partial charge in [-0.2, -0.15) is 0 Å². The summed E-state index contributed by atoms with van der Waals surface area (Å²) in [6.45, 7) is 8.51. The van der Waals surface area contributed by atoms with E-state index in [0.29, 0.717) is 17.4 Å². The molecule has 1 saturated carbocycles. The molecule has 2 aliphatic carbocycles. The van der Waals surface area contributed by atoms with Crippen molar-refractivity contribution in [3.05, 3.63) is 41.5 Å². The van der Waals surface area contributed by atoms with Crippen LogP contribution in [0.15, 0.2) is 30.4 Å². The molecular weight excluding hydrogens is 420 g/mol. The Morgan fingerprint density at radius 2 is 1.58 bits per heavy atom. The van der Waals surface area contributed by atoms with Crippen molar-refractivity contribution in [2.45, 2.75) is 52.0 Å². The second-order valence-corrected chi connectivity index (χ2v) is 11.1. The minimum Gasteiger partial charge on any atom is -0.359 e. The highest BCUT2D eigenvalue weighted by molar-refractivity contribution is 7.80. The number of nitrogens with one attached hydrogen (secondary N) is 2. The number of anilines is 1. The number of piperidine rings is 1. The number of aryl methyl sites for hydroxylation is 2. The van der Waals surface area contributed by atoms with E-state index in [1.807, 2.05) is 0 Å². The first-order chi connectivity index (χ1) is 14.9. The summed E-state index contributed by atoms with van der Waals surface area (Å²) >= 11 is 11.6. The number of hydrogen-bond donors (Lipinski definition) is 2. The first-order valence-electron chi connectivity index (χ1n) is 11.8. The molecule has 2 aliphatic heterocycles. The predicted octanol–water partition coefficient (Wildman–Crippen LogP) is 4.63.